The van der Waals surface area contributed by atoms with Crippen molar-refractivity contribution in [2.24, 2.45) is 5.92 Å². The lowest BCUT2D eigenvalue weighted by Gasteiger charge is -2.20. The molecule has 0 aliphatic carbocycles. The van der Waals surface area contributed by atoms with Gasteiger partial charge >= 0.3 is 24.0 Å². The molecule has 0 aromatic carbocycles. The molecule has 4 nitrogen and oxygen atoms in total. The largest absolute Gasteiger partial charge is 0.481 e. The molecule has 0 rings (SSSR count). The van der Waals surface area contributed by atoms with Crippen LogP contribution in [0.4, 0.5) is 22.0 Å². The quantitative estimate of drug-likeness (QED) is 0.575. The number of rotatable bonds is 5. The van der Waals surface area contributed by atoms with E-state index in [1.807, 2.05) is 0 Å². The molecular weight excluding hydrogens is 243 g/mol. The Kier molecular flexibility index (Phi) is 4.21. The minimum absolute atomic E-state index is 1.29. The molecule has 0 heterocycles. The molecule has 0 aromatic rings. The molecule has 0 saturated heterocycles. The predicted molar refractivity (Wildman–Crippen MR) is 39.0 cm³/mol. The molecule has 0 spiro atoms. The Bertz CT molecular complexity index is 271. The Morgan fingerprint density at radius 1 is 1.00 bits per heavy atom. The molecule has 94 valence electrons. The van der Waals surface area contributed by atoms with E-state index in [1.165, 1.54) is 0 Å². The molecule has 0 aliphatic rings. The van der Waals surface area contributed by atoms with Crippen LogP contribution in [-0.2, 0) is 9.59 Å². The topological polar surface area (TPSA) is 74.6 Å². The van der Waals surface area contributed by atoms with Gasteiger partial charge in [-0.2, -0.15) is 22.0 Å². The van der Waals surface area contributed by atoms with E-state index in [2.05, 4.69) is 0 Å². The van der Waals surface area contributed by atoms with Gasteiger partial charge in [0, 0.05) is 6.42 Å². The average Bonchev–Trinajstić information content (AvgIpc) is 1.99. The van der Waals surface area contributed by atoms with Crippen LogP contribution in [0.2, 0.25) is 0 Å². The second kappa shape index (κ2) is 4.62. The molecule has 0 radical (unpaired) electrons. The first-order chi connectivity index (χ1) is 6.99. The number of aliphatic carboxylic acids is 2. The second-order valence-corrected chi connectivity index (χ2v) is 2.97. The third-order valence-corrected chi connectivity index (χ3v) is 1.76. The summed E-state index contributed by atoms with van der Waals surface area (Å²) in [6.45, 7) is 0. The van der Waals surface area contributed by atoms with Crippen molar-refractivity contribution < 1.29 is 41.8 Å². The summed E-state index contributed by atoms with van der Waals surface area (Å²) in [5.41, 5.74) is 0. The van der Waals surface area contributed by atoms with Gasteiger partial charge in [0.2, 0.25) is 0 Å². The molecule has 0 aromatic heterocycles. The van der Waals surface area contributed by atoms with Crippen LogP contribution >= 0.6 is 0 Å². The van der Waals surface area contributed by atoms with Crippen LogP contribution in [0, 0.1) is 5.92 Å². The minimum atomic E-state index is -5.81. The Morgan fingerprint density at radius 3 is 1.62 bits per heavy atom. The summed E-state index contributed by atoms with van der Waals surface area (Å²) >= 11 is 0. The van der Waals surface area contributed by atoms with Crippen LogP contribution in [0.3, 0.4) is 0 Å². The van der Waals surface area contributed by atoms with Gasteiger partial charge in [-0.1, -0.05) is 0 Å². The summed E-state index contributed by atoms with van der Waals surface area (Å²) in [5, 5.41) is 16.5. The maximum Gasteiger partial charge on any atom is 0.453 e. The molecular formula is C7H7F5O4. The van der Waals surface area contributed by atoms with Gasteiger partial charge in [0.1, 0.15) is 0 Å². The number of carboxylic acid groups (broad SMARTS) is 2. The molecule has 0 atom stereocenters. The van der Waals surface area contributed by atoms with Crippen molar-refractivity contribution in [3.05, 3.63) is 0 Å². The fraction of sp³-hybridized carbons (Fsp3) is 0.714. The van der Waals surface area contributed by atoms with Gasteiger partial charge in [-0.25, -0.2) is 0 Å². The lowest BCUT2D eigenvalue weighted by molar-refractivity contribution is -0.285. The van der Waals surface area contributed by atoms with E-state index >= 15 is 0 Å². The zero-order valence-electron chi connectivity index (χ0n) is 7.59. The van der Waals surface area contributed by atoms with E-state index in [9.17, 15) is 31.5 Å². The maximum absolute atomic E-state index is 12.3. The normalized spacial score (nSPS) is 12.9. The fourth-order valence-corrected chi connectivity index (χ4v) is 0.820. The molecule has 0 amide bonds. The van der Waals surface area contributed by atoms with Crippen LogP contribution < -0.4 is 0 Å². The van der Waals surface area contributed by atoms with E-state index in [1.54, 1.807) is 0 Å². The summed E-state index contributed by atoms with van der Waals surface area (Å²) in [5.74, 6) is -11.3. The molecule has 2 N–H and O–H groups in total. The SMILES string of the molecule is O=C(O)C(CCC(F)(F)C(F)(F)F)C(=O)O. The summed E-state index contributed by atoms with van der Waals surface area (Å²) in [4.78, 5) is 20.4. The number of carbonyl (C=O) groups is 2. The second-order valence-electron chi connectivity index (χ2n) is 2.97. The van der Waals surface area contributed by atoms with Crippen molar-refractivity contribution in [2.45, 2.75) is 24.9 Å². The number of hydrogen-bond acceptors (Lipinski definition) is 2. The Hall–Kier alpha value is -1.41. The van der Waals surface area contributed by atoms with Gasteiger partial charge in [0.25, 0.3) is 0 Å². The van der Waals surface area contributed by atoms with E-state index < -0.39 is 42.8 Å². The third kappa shape index (κ3) is 3.63. The lowest BCUT2D eigenvalue weighted by atomic mass is 10.0. The average molecular weight is 250 g/mol. The van der Waals surface area contributed by atoms with E-state index in [4.69, 9.17) is 10.2 Å². The van der Waals surface area contributed by atoms with Crippen molar-refractivity contribution in [2.75, 3.05) is 0 Å². The third-order valence-electron chi connectivity index (χ3n) is 1.76. The Morgan fingerprint density at radius 2 is 1.38 bits per heavy atom. The van der Waals surface area contributed by atoms with Gasteiger partial charge in [-0.3, -0.25) is 9.59 Å². The Balaban J connectivity index is 4.54. The number of carboxylic acids is 2. The molecule has 0 fully saturated rings. The van der Waals surface area contributed by atoms with Gasteiger partial charge in [0.15, 0.2) is 5.92 Å². The molecule has 0 bridgehead atoms. The Labute approximate surface area is 85.7 Å². The van der Waals surface area contributed by atoms with Crippen molar-refractivity contribution in [3.8, 4) is 0 Å². The fourth-order valence-electron chi connectivity index (χ4n) is 0.820. The highest BCUT2D eigenvalue weighted by Crippen LogP contribution is 2.39. The van der Waals surface area contributed by atoms with Gasteiger partial charge in [0.05, 0.1) is 0 Å². The zero-order chi connectivity index (χ0) is 13.1. The highest BCUT2D eigenvalue weighted by atomic mass is 19.4. The zero-order valence-corrected chi connectivity index (χ0v) is 7.59. The van der Waals surface area contributed by atoms with Crippen molar-refractivity contribution >= 4 is 11.9 Å². The van der Waals surface area contributed by atoms with Gasteiger partial charge < -0.3 is 10.2 Å². The monoisotopic (exact) mass is 250 g/mol. The first-order valence-electron chi connectivity index (χ1n) is 3.89. The summed E-state index contributed by atoms with van der Waals surface area (Å²) in [6.07, 6.45) is -8.98. The highest BCUT2D eigenvalue weighted by molar-refractivity contribution is 5.92. The first kappa shape index (κ1) is 14.6. The van der Waals surface area contributed by atoms with Crippen molar-refractivity contribution in [1.29, 1.82) is 0 Å². The smallest absolute Gasteiger partial charge is 0.453 e. The van der Waals surface area contributed by atoms with Crippen LogP contribution in [0.15, 0.2) is 0 Å². The highest BCUT2D eigenvalue weighted by Gasteiger charge is 2.57. The van der Waals surface area contributed by atoms with Gasteiger partial charge in [-0.15, -0.1) is 0 Å². The first-order valence-corrected chi connectivity index (χ1v) is 3.89. The summed E-state index contributed by atoms with van der Waals surface area (Å²) < 4.78 is 59.5. The van der Waals surface area contributed by atoms with Crippen LogP contribution in [0.5, 0.6) is 0 Å². The summed E-state index contributed by atoms with van der Waals surface area (Å²) in [6, 6.07) is 0. The number of alkyl halides is 5. The molecule has 0 unspecified atom stereocenters. The van der Waals surface area contributed by atoms with Crippen molar-refractivity contribution in [3.63, 3.8) is 0 Å². The number of hydrogen-bond donors (Lipinski definition) is 2. The molecule has 0 aliphatic heterocycles. The lowest BCUT2D eigenvalue weighted by Crippen LogP contribution is -2.37. The molecule has 16 heavy (non-hydrogen) atoms. The maximum atomic E-state index is 12.3. The van der Waals surface area contributed by atoms with Gasteiger partial charge in [-0.05, 0) is 6.42 Å². The van der Waals surface area contributed by atoms with Crippen LogP contribution in [0.25, 0.3) is 0 Å². The van der Waals surface area contributed by atoms with Crippen LogP contribution in [0.1, 0.15) is 12.8 Å². The van der Waals surface area contributed by atoms with E-state index in [0.29, 0.717) is 0 Å². The van der Waals surface area contributed by atoms with E-state index in [0.717, 1.165) is 0 Å². The predicted octanol–water partition coefficient (Wildman–Crippen LogP) is 1.75. The summed E-state index contributed by atoms with van der Waals surface area (Å²) in [7, 11) is 0. The molecule has 0 saturated carbocycles. The van der Waals surface area contributed by atoms with Crippen molar-refractivity contribution in [1.82, 2.24) is 0 Å². The van der Waals surface area contributed by atoms with Crippen LogP contribution in [-0.4, -0.2) is 34.3 Å². The van der Waals surface area contributed by atoms with E-state index in [-0.39, 0.29) is 0 Å². The minimum Gasteiger partial charge on any atom is -0.481 e. The standard InChI is InChI=1S/C7H7F5O4/c8-6(9,7(10,11)12)2-1-3(4(13)14)5(15)16/h3H,1-2H2,(H,13,14)(H,15,16). The molecule has 9 heteroatoms. The number of halogens is 5.